The van der Waals surface area contributed by atoms with Crippen molar-refractivity contribution in [2.24, 2.45) is 0 Å². The van der Waals surface area contributed by atoms with Gasteiger partial charge in [-0.2, -0.15) is 0 Å². The molecule has 1 aliphatic rings. The molecule has 0 unspecified atom stereocenters. The minimum absolute atomic E-state index is 0.0253. The summed E-state index contributed by atoms with van der Waals surface area (Å²) in [6.45, 7) is 3.57. The van der Waals surface area contributed by atoms with Crippen LogP contribution in [0, 0.1) is 0 Å². The largest absolute Gasteiger partial charge is 0.491 e. The van der Waals surface area contributed by atoms with Gasteiger partial charge in [0.1, 0.15) is 18.7 Å². The number of urea groups is 1. The fourth-order valence-corrected chi connectivity index (χ4v) is 3.44. The Kier molecular flexibility index (Phi) is 5.70. The Hall–Kier alpha value is -3.41. The summed E-state index contributed by atoms with van der Waals surface area (Å²) in [4.78, 5) is 22.9. The Morgan fingerprint density at radius 2 is 1.93 bits per heavy atom. The number of ether oxygens (including phenoxy) is 1. The lowest BCUT2D eigenvalue weighted by molar-refractivity contribution is 0.157. The summed E-state index contributed by atoms with van der Waals surface area (Å²) in [5, 5.41) is 3.05. The second-order valence-corrected chi connectivity index (χ2v) is 7.21. The number of hydrogen-bond acceptors (Lipinski definition) is 4. The Labute approximate surface area is 170 Å². The molecule has 2 heterocycles. The molecule has 2 amide bonds. The van der Waals surface area contributed by atoms with E-state index in [1.54, 1.807) is 12.4 Å². The second kappa shape index (κ2) is 8.73. The standard InChI is InChI=1S/C23H24N4O2/c1-17-15-29-22-8-7-19(21-12-24-16-25-13-21)11-20(22)14-27(17)23(28)26-10-9-18-5-3-2-4-6-18/h2-8,11-13,16-17H,9-10,14-15H2,1H3,(H,26,28)/t17-/m1/s1. The maximum Gasteiger partial charge on any atom is 0.318 e. The zero-order chi connectivity index (χ0) is 20.1. The third-order valence-electron chi connectivity index (χ3n) is 5.10. The summed E-state index contributed by atoms with van der Waals surface area (Å²) < 4.78 is 5.95. The molecule has 6 heteroatoms. The van der Waals surface area contributed by atoms with Crippen LogP contribution in [0.4, 0.5) is 4.79 Å². The Morgan fingerprint density at radius 1 is 1.14 bits per heavy atom. The fraction of sp³-hybridized carbons (Fsp3) is 0.261. The van der Waals surface area contributed by atoms with Gasteiger partial charge in [-0.25, -0.2) is 14.8 Å². The van der Waals surface area contributed by atoms with Crippen molar-refractivity contribution in [3.63, 3.8) is 0 Å². The second-order valence-electron chi connectivity index (χ2n) is 7.21. The van der Waals surface area contributed by atoms with Crippen molar-refractivity contribution in [3.05, 3.63) is 78.4 Å². The van der Waals surface area contributed by atoms with Crippen molar-refractivity contribution >= 4 is 6.03 Å². The molecule has 0 saturated heterocycles. The molecule has 0 radical (unpaired) electrons. The Bertz CT molecular complexity index is 963. The highest BCUT2D eigenvalue weighted by atomic mass is 16.5. The van der Waals surface area contributed by atoms with Gasteiger partial charge >= 0.3 is 6.03 Å². The average molecular weight is 388 g/mol. The first-order valence-corrected chi connectivity index (χ1v) is 9.80. The first-order valence-electron chi connectivity index (χ1n) is 9.80. The average Bonchev–Trinajstić information content (AvgIpc) is 2.93. The Morgan fingerprint density at radius 3 is 2.72 bits per heavy atom. The first kappa shape index (κ1) is 18.9. The number of nitrogens with zero attached hydrogens (tertiary/aromatic N) is 3. The van der Waals surface area contributed by atoms with Crippen LogP contribution in [0.25, 0.3) is 11.1 Å². The lowest BCUT2D eigenvalue weighted by Gasteiger charge is -2.26. The molecule has 29 heavy (non-hydrogen) atoms. The summed E-state index contributed by atoms with van der Waals surface area (Å²) in [5.41, 5.74) is 4.13. The zero-order valence-corrected chi connectivity index (χ0v) is 16.4. The molecule has 0 bridgehead atoms. The molecule has 6 nitrogen and oxygen atoms in total. The van der Waals surface area contributed by atoms with E-state index >= 15 is 0 Å². The number of rotatable bonds is 4. The van der Waals surface area contributed by atoms with Crippen molar-refractivity contribution in [2.75, 3.05) is 13.2 Å². The van der Waals surface area contributed by atoms with E-state index in [1.807, 2.05) is 42.2 Å². The van der Waals surface area contributed by atoms with Crippen LogP contribution in [0.1, 0.15) is 18.1 Å². The quantitative estimate of drug-likeness (QED) is 0.740. The summed E-state index contributed by atoms with van der Waals surface area (Å²) in [5.74, 6) is 0.817. The van der Waals surface area contributed by atoms with Crippen molar-refractivity contribution in [1.29, 1.82) is 0 Å². The third-order valence-corrected chi connectivity index (χ3v) is 5.10. The van der Waals surface area contributed by atoms with Gasteiger partial charge in [-0.3, -0.25) is 0 Å². The van der Waals surface area contributed by atoms with E-state index in [2.05, 4.69) is 33.5 Å². The van der Waals surface area contributed by atoms with Crippen molar-refractivity contribution in [2.45, 2.75) is 25.9 Å². The summed E-state index contributed by atoms with van der Waals surface area (Å²) >= 11 is 0. The SMILES string of the molecule is C[C@@H]1COc2ccc(-c3cncnc3)cc2CN1C(=O)NCCc1ccccc1. The van der Waals surface area contributed by atoms with E-state index in [1.165, 1.54) is 11.9 Å². The smallest absolute Gasteiger partial charge is 0.318 e. The summed E-state index contributed by atoms with van der Waals surface area (Å²) in [6.07, 6.45) is 5.88. The van der Waals surface area contributed by atoms with Crippen LogP contribution in [0.15, 0.2) is 67.3 Å². The number of aromatic nitrogens is 2. The van der Waals surface area contributed by atoms with Crippen molar-refractivity contribution in [3.8, 4) is 16.9 Å². The maximum absolute atomic E-state index is 12.9. The van der Waals surface area contributed by atoms with Crippen molar-refractivity contribution < 1.29 is 9.53 Å². The highest BCUT2D eigenvalue weighted by molar-refractivity contribution is 5.75. The van der Waals surface area contributed by atoms with Gasteiger partial charge in [0.25, 0.3) is 0 Å². The minimum atomic E-state index is -0.0710. The van der Waals surface area contributed by atoms with Crippen LogP contribution in [-0.2, 0) is 13.0 Å². The molecule has 0 aliphatic carbocycles. The third kappa shape index (κ3) is 4.54. The molecule has 2 aromatic carbocycles. The molecule has 3 aromatic rings. The van der Waals surface area contributed by atoms with Crippen LogP contribution in [0.5, 0.6) is 5.75 Å². The molecular formula is C23H24N4O2. The highest BCUT2D eigenvalue weighted by Crippen LogP contribution is 2.30. The van der Waals surface area contributed by atoms with Gasteiger partial charge in [0.05, 0.1) is 12.6 Å². The molecule has 1 aromatic heterocycles. The van der Waals surface area contributed by atoms with Crippen LogP contribution in [0.2, 0.25) is 0 Å². The fourth-order valence-electron chi connectivity index (χ4n) is 3.44. The van der Waals surface area contributed by atoms with E-state index in [9.17, 15) is 4.79 Å². The predicted octanol–water partition coefficient (Wildman–Crippen LogP) is 3.68. The Balaban J connectivity index is 1.46. The lowest BCUT2D eigenvalue weighted by atomic mass is 10.0. The molecule has 0 saturated carbocycles. The molecule has 1 atom stereocenters. The molecule has 1 aliphatic heterocycles. The summed E-state index contributed by atoms with van der Waals surface area (Å²) in [7, 11) is 0. The number of hydrogen-bond donors (Lipinski definition) is 1. The van der Waals surface area contributed by atoms with Gasteiger partial charge in [-0.05, 0) is 36.6 Å². The maximum atomic E-state index is 12.9. The summed E-state index contributed by atoms with van der Waals surface area (Å²) in [6, 6.07) is 16.1. The number of carbonyl (C=O) groups is 1. The molecule has 0 fully saturated rings. The van der Waals surface area contributed by atoms with Gasteiger partial charge in [0, 0.05) is 30.1 Å². The van der Waals surface area contributed by atoms with Gasteiger partial charge in [-0.1, -0.05) is 36.4 Å². The number of nitrogens with one attached hydrogen (secondary N) is 1. The topological polar surface area (TPSA) is 67.4 Å². The number of carbonyl (C=O) groups excluding carboxylic acids is 1. The highest BCUT2D eigenvalue weighted by Gasteiger charge is 2.25. The monoisotopic (exact) mass is 388 g/mol. The lowest BCUT2D eigenvalue weighted by Crippen LogP contribution is -2.46. The van der Waals surface area contributed by atoms with E-state index in [-0.39, 0.29) is 12.1 Å². The van der Waals surface area contributed by atoms with Gasteiger partial charge in [0.2, 0.25) is 0 Å². The molecule has 4 rings (SSSR count). The van der Waals surface area contributed by atoms with E-state index in [4.69, 9.17) is 4.74 Å². The van der Waals surface area contributed by atoms with Crippen molar-refractivity contribution in [1.82, 2.24) is 20.2 Å². The van der Waals surface area contributed by atoms with E-state index in [0.717, 1.165) is 28.9 Å². The molecular weight excluding hydrogens is 364 g/mol. The molecule has 1 N–H and O–H groups in total. The number of fused-ring (bicyclic) bond motifs is 1. The number of benzene rings is 2. The minimum Gasteiger partial charge on any atom is -0.491 e. The van der Waals surface area contributed by atoms with Crippen LogP contribution in [-0.4, -0.2) is 40.1 Å². The normalized spacial score (nSPS) is 15.8. The van der Waals surface area contributed by atoms with E-state index in [0.29, 0.717) is 19.7 Å². The van der Waals surface area contributed by atoms with Crippen LogP contribution < -0.4 is 10.1 Å². The first-order chi connectivity index (χ1) is 14.2. The van der Waals surface area contributed by atoms with Gasteiger partial charge < -0.3 is 15.0 Å². The molecule has 148 valence electrons. The van der Waals surface area contributed by atoms with Gasteiger partial charge in [0.15, 0.2) is 0 Å². The zero-order valence-electron chi connectivity index (χ0n) is 16.4. The van der Waals surface area contributed by atoms with E-state index < -0.39 is 0 Å². The predicted molar refractivity (Wildman–Crippen MR) is 112 cm³/mol. The van der Waals surface area contributed by atoms with Gasteiger partial charge in [-0.15, -0.1) is 0 Å². The molecule has 0 spiro atoms. The van der Waals surface area contributed by atoms with Crippen LogP contribution in [0.3, 0.4) is 0 Å². The van der Waals surface area contributed by atoms with Crippen LogP contribution >= 0.6 is 0 Å². The number of amides is 2.